The number of ether oxygens (including phenoxy) is 1. The van der Waals surface area contributed by atoms with E-state index in [2.05, 4.69) is 20.3 Å². The summed E-state index contributed by atoms with van der Waals surface area (Å²) < 4.78 is 34.1. The standard InChI is InChI=1S/C20H21N5O4S/c1-20(2,12-21)17-8-15(10-25-14-23-13-24-25)7-16(9-17)11-28-18-3-5-19(6-4-18)29-30(22,26)27/h3-9,13-14H,10-11H2,1-2H3,(H2,22,26,27). The summed E-state index contributed by atoms with van der Waals surface area (Å²) in [7, 11) is -4.07. The summed E-state index contributed by atoms with van der Waals surface area (Å²) in [5, 5.41) is 18.5. The third-order valence-corrected chi connectivity index (χ3v) is 4.73. The van der Waals surface area contributed by atoms with Gasteiger partial charge in [-0.3, -0.25) is 0 Å². The van der Waals surface area contributed by atoms with Gasteiger partial charge in [0.05, 0.1) is 18.0 Å². The quantitative estimate of drug-likeness (QED) is 0.583. The van der Waals surface area contributed by atoms with Gasteiger partial charge in [0.15, 0.2) is 0 Å². The Bertz CT molecular complexity index is 1150. The predicted octanol–water partition coefficient (Wildman–Crippen LogP) is 2.29. The molecule has 1 aromatic heterocycles. The van der Waals surface area contributed by atoms with Crippen LogP contribution in [-0.4, -0.2) is 23.2 Å². The van der Waals surface area contributed by atoms with E-state index in [9.17, 15) is 13.7 Å². The van der Waals surface area contributed by atoms with E-state index in [1.165, 1.54) is 18.5 Å². The van der Waals surface area contributed by atoms with Crippen LogP contribution in [0.25, 0.3) is 0 Å². The number of nitrogens with zero attached hydrogens (tertiary/aromatic N) is 4. The van der Waals surface area contributed by atoms with E-state index in [-0.39, 0.29) is 12.4 Å². The van der Waals surface area contributed by atoms with E-state index in [1.807, 2.05) is 32.0 Å². The maximum atomic E-state index is 11.0. The van der Waals surface area contributed by atoms with Crippen molar-refractivity contribution in [3.8, 4) is 17.6 Å². The molecule has 0 aliphatic heterocycles. The first-order chi connectivity index (χ1) is 14.1. The molecular weight excluding hydrogens is 406 g/mol. The molecule has 0 bridgehead atoms. The van der Waals surface area contributed by atoms with Crippen LogP contribution in [0, 0.1) is 11.3 Å². The van der Waals surface area contributed by atoms with Crippen molar-refractivity contribution in [2.45, 2.75) is 32.4 Å². The molecule has 0 radical (unpaired) electrons. The maximum Gasteiger partial charge on any atom is 0.380 e. The molecule has 0 amide bonds. The van der Waals surface area contributed by atoms with E-state index in [4.69, 9.17) is 9.88 Å². The van der Waals surface area contributed by atoms with Gasteiger partial charge in [0, 0.05) is 0 Å². The van der Waals surface area contributed by atoms with Crippen LogP contribution in [0.3, 0.4) is 0 Å². The summed E-state index contributed by atoms with van der Waals surface area (Å²) in [6.45, 7) is 4.49. The second-order valence-corrected chi connectivity index (χ2v) is 8.36. The number of aromatic nitrogens is 3. The van der Waals surface area contributed by atoms with Crippen LogP contribution >= 0.6 is 0 Å². The first-order valence-corrected chi connectivity index (χ1v) is 10.4. The van der Waals surface area contributed by atoms with Crippen LogP contribution in [-0.2, 0) is 28.9 Å². The molecule has 0 spiro atoms. The molecule has 0 saturated carbocycles. The summed E-state index contributed by atoms with van der Waals surface area (Å²) in [5.74, 6) is 0.622. The smallest absolute Gasteiger partial charge is 0.380 e. The minimum Gasteiger partial charge on any atom is -0.489 e. The van der Waals surface area contributed by atoms with Crippen LogP contribution in [0.5, 0.6) is 11.5 Å². The Morgan fingerprint density at radius 3 is 2.40 bits per heavy atom. The van der Waals surface area contributed by atoms with Gasteiger partial charge >= 0.3 is 10.3 Å². The summed E-state index contributed by atoms with van der Waals surface area (Å²) in [6, 6.07) is 14.3. The Balaban J connectivity index is 1.79. The fourth-order valence-corrected chi connectivity index (χ4v) is 3.14. The molecular formula is C20H21N5O4S. The Morgan fingerprint density at radius 1 is 1.13 bits per heavy atom. The van der Waals surface area contributed by atoms with Gasteiger partial charge in [0.25, 0.3) is 0 Å². The molecule has 3 aromatic rings. The second kappa shape index (κ2) is 8.52. The highest BCUT2D eigenvalue weighted by atomic mass is 32.2. The predicted molar refractivity (Wildman–Crippen MR) is 109 cm³/mol. The molecule has 3 rings (SSSR count). The van der Waals surface area contributed by atoms with Gasteiger partial charge in [-0.2, -0.15) is 23.9 Å². The third-order valence-electron chi connectivity index (χ3n) is 4.31. The van der Waals surface area contributed by atoms with Gasteiger partial charge in [0.2, 0.25) is 0 Å². The van der Waals surface area contributed by atoms with Gasteiger partial charge in [-0.15, -0.1) is 0 Å². The van der Waals surface area contributed by atoms with Crippen molar-refractivity contribution in [2.75, 3.05) is 0 Å². The van der Waals surface area contributed by atoms with Crippen molar-refractivity contribution in [1.29, 1.82) is 5.26 Å². The molecule has 30 heavy (non-hydrogen) atoms. The Morgan fingerprint density at radius 2 is 1.80 bits per heavy atom. The number of rotatable bonds is 8. The highest BCUT2D eigenvalue weighted by molar-refractivity contribution is 7.84. The molecule has 0 fully saturated rings. The Kier molecular flexibility index (Phi) is 6.05. The van der Waals surface area contributed by atoms with Crippen molar-refractivity contribution < 1.29 is 17.3 Å². The van der Waals surface area contributed by atoms with Crippen LogP contribution in [0.1, 0.15) is 30.5 Å². The topological polar surface area (TPSA) is 133 Å². The molecule has 0 saturated heterocycles. The summed E-state index contributed by atoms with van der Waals surface area (Å²) in [6.07, 6.45) is 3.10. The zero-order chi connectivity index (χ0) is 21.8. The van der Waals surface area contributed by atoms with Gasteiger partial charge in [-0.1, -0.05) is 18.2 Å². The highest BCUT2D eigenvalue weighted by Crippen LogP contribution is 2.26. The summed E-state index contributed by atoms with van der Waals surface area (Å²) in [4.78, 5) is 3.95. The van der Waals surface area contributed by atoms with Crippen LogP contribution < -0.4 is 14.1 Å². The summed E-state index contributed by atoms with van der Waals surface area (Å²) >= 11 is 0. The number of nitriles is 1. The van der Waals surface area contributed by atoms with Crippen LogP contribution in [0.2, 0.25) is 0 Å². The van der Waals surface area contributed by atoms with Crippen molar-refractivity contribution >= 4 is 10.3 Å². The van der Waals surface area contributed by atoms with E-state index >= 15 is 0 Å². The lowest BCUT2D eigenvalue weighted by Crippen LogP contribution is -2.18. The highest BCUT2D eigenvalue weighted by Gasteiger charge is 2.21. The average molecular weight is 427 g/mol. The molecule has 2 N–H and O–H groups in total. The number of nitrogens with two attached hydrogens (primary N) is 1. The average Bonchev–Trinajstić information content (AvgIpc) is 3.19. The normalized spacial score (nSPS) is 11.7. The van der Waals surface area contributed by atoms with Crippen LogP contribution in [0.4, 0.5) is 0 Å². The third kappa shape index (κ3) is 5.79. The first kappa shape index (κ1) is 21.3. The Labute approximate surface area is 174 Å². The van der Waals surface area contributed by atoms with Gasteiger partial charge < -0.3 is 8.92 Å². The molecule has 0 aliphatic rings. The molecule has 2 aromatic carbocycles. The lowest BCUT2D eigenvalue weighted by Gasteiger charge is -2.19. The van der Waals surface area contributed by atoms with E-state index < -0.39 is 15.7 Å². The lowest BCUT2D eigenvalue weighted by molar-refractivity contribution is 0.305. The zero-order valence-corrected chi connectivity index (χ0v) is 17.3. The molecule has 10 heteroatoms. The fraction of sp³-hybridized carbons (Fsp3) is 0.250. The molecule has 9 nitrogen and oxygen atoms in total. The van der Waals surface area contributed by atoms with E-state index in [0.717, 1.165) is 16.7 Å². The lowest BCUT2D eigenvalue weighted by atomic mass is 9.84. The molecule has 1 heterocycles. The van der Waals surface area contributed by atoms with Crippen molar-refractivity contribution in [3.05, 3.63) is 71.8 Å². The maximum absolute atomic E-state index is 11.0. The largest absolute Gasteiger partial charge is 0.489 e. The molecule has 156 valence electrons. The van der Waals surface area contributed by atoms with Crippen molar-refractivity contribution in [3.63, 3.8) is 0 Å². The number of benzene rings is 2. The SMILES string of the molecule is CC(C)(C#N)c1cc(COc2ccc(OS(N)(=O)=O)cc2)cc(Cn2cncn2)c1. The minimum absolute atomic E-state index is 0.0951. The van der Waals surface area contributed by atoms with Gasteiger partial charge in [0.1, 0.15) is 30.8 Å². The summed E-state index contributed by atoms with van der Waals surface area (Å²) in [5.41, 5.74) is 2.06. The van der Waals surface area contributed by atoms with Crippen molar-refractivity contribution in [1.82, 2.24) is 14.8 Å². The van der Waals surface area contributed by atoms with Crippen molar-refractivity contribution in [2.24, 2.45) is 5.14 Å². The molecule has 0 aliphatic carbocycles. The van der Waals surface area contributed by atoms with Crippen LogP contribution in [0.15, 0.2) is 55.1 Å². The fourth-order valence-electron chi connectivity index (χ4n) is 2.76. The van der Waals surface area contributed by atoms with E-state index in [1.54, 1.807) is 23.1 Å². The zero-order valence-electron chi connectivity index (χ0n) is 16.5. The Hall–Kier alpha value is -3.42. The second-order valence-electron chi connectivity index (χ2n) is 7.20. The molecule has 0 unspecified atom stereocenters. The monoisotopic (exact) mass is 427 g/mol. The van der Waals surface area contributed by atoms with Gasteiger partial charge in [-0.05, 0) is 54.8 Å². The van der Waals surface area contributed by atoms with E-state index in [0.29, 0.717) is 12.3 Å². The van der Waals surface area contributed by atoms with Gasteiger partial charge in [-0.25, -0.2) is 9.67 Å². The minimum atomic E-state index is -4.07. The number of hydrogen-bond donors (Lipinski definition) is 1. The number of hydrogen-bond acceptors (Lipinski definition) is 7. The first-order valence-electron chi connectivity index (χ1n) is 8.97. The molecule has 0 atom stereocenters.